The predicted octanol–water partition coefficient (Wildman–Crippen LogP) is 4.76. The Bertz CT molecular complexity index is 1230. The molecule has 0 unspecified atom stereocenters. The number of alkyl halides is 3. The number of carbonyl (C=O) groups is 1. The van der Waals surface area contributed by atoms with Crippen molar-refractivity contribution < 1.29 is 18.0 Å². The van der Waals surface area contributed by atoms with Gasteiger partial charge in [0, 0.05) is 30.2 Å². The maximum atomic E-state index is 12.9. The first kappa shape index (κ1) is 22.5. The minimum atomic E-state index is -4.43. The van der Waals surface area contributed by atoms with Gasteiger partial charge in [0.05, 0.1) is 11.3 Å². The average Bonchev–Trinajstić information content (AvgIpc) is 3.26. The molecule has 0 aliphatic rings. The van der Waals surface area contributed by atoms with Crippen molar-refractivity contribution in [2.45, 2.75) is 17.9 Å². The third-order valence-electron chi connectivity index (χ3n) is 4.64. The summed E-state index contributed by atoms with van der Waals surface area (Å²) in [7, 11) is 0. The van der Waals surface area contributed by atoms with E-state index in [-0.39, 0.29) is 18.2 Å². The molecule has 4 aromatic rings. The Morgan fingerprint density at radius 2 is 1.82 bits per heavy atom. The van der Waals surface area contributed by atoms with E-state index in [0.29, 0.717) is 16.5 Å². The highest BCUT2D eigenvalue weighted by Gasteiger charge is 2.30. The Labute approximate surface area is 191 Å². The molecule has 0 saturated heterocycles. The van der Waals surface area contributed by atoms with Crippen molar-refractivity contribution in [2.24, 2.45) is 0 Å². The summed E-state index contributed by atoms with van der Waals surface area (Å²) in [5.41, 5.74) is 1.22. The van der Waals surface area contributed by atoms with Crippen molar-refractivity contribution in [3.8, 4) is 17.1 Å². The summed E-state index contributed by atoms with van der Waals surface area (Å²) in [6.45, 7) is -0.00434. The summed E-state index contributed by atoms with van der Waals surface area (Å²) in [6.07, 6.45) is -1.08. The van der Waals surface area contributed by atoms with Gasteiger partial charge in [0.2, 0.25) is 5.91 Å². The van der Waals surface area contributed by atoms with E-state index in [1.807, 2.05) is 41.0 Å². The normalized spacial score (nSPS) is 11.4. The number of halogens is 3. The number of benzene rings is 2. The van der Waals surface area contributed by atoms with Crippen LogP contribution < -0.4 is 5.32 Å². The first-order chi connectivity index (χ1) is 15.9. The fourth-order valence-electron chi connectivity index (χ4n) is 3.09. The third kappa shape index (κ3) is 5.58. The molecule has 0 saturated carbocycles. The molecule has 33 heavy (non-hydrogen) atoms. The van der Waals surface area contributed by atoms with E-state index >= 15 is 0 Å². The number of hydrogen-bond donors (Lipinski definition) is 1. The van der Waals surface area contributed by atoms with Crippen LogP contribution in [0, 0.1) is 0 Å². The van der Waals surface area contributed by atoms with Crippen LogP contribution in [0.1, 0.15) is 11.1 Å². The quantitative estimate of drug-likeness (QED) is 0.395. The second-order valence-corrected chi connectivity index (χ2v) is 7.92. The molecule has 0 aliphatic carbocycles. The van der Waals surface area contributed by atoms with Crippen LogP contribution in [0.4, 0.5) is 13.2 Å². The lowest BCUT2D eigenvalue weighted by Gasteiger charge is -2.11. The summed E-state index contributed by atoms with van der Waals surface area (Å²) >= 11 is 1.18. The predicted molar refractivity (Wildman–Crippen MR) is 119 cm³/mol. The van der Waals surface area contributed by atoms with Crippen LogP contribution in [-0.2, 0) is 17.5 Å². The van der Waals surface area contributed by atoms with Crippen molar-refractivity contribution in [3.05, 3.63) is 90.3 Å². The van der Waals surface area contributed by atoms with Crippen molar-refractivity contribution in [1.82, 2.24) is 25.1 Å². The molecule has 1 N–H and O–H groups in total. The first-order valence-corrected chi connectivity index (χ1v) is 10.9. The summed E-state index contributed by atoms with van der Waals surface area (Å²) in [6, 6.07) is 18.0. The molecule has 0 spiro atoms. The van der Waals surface area contributed by atoms with Gasteiger partial charge in [-0.05, 0) is 42.0 Å². The zero-order chi connectivity index (χ0) is 23.3. The van der Waals surface area contributed by atoms with Crippen LogP contribution in [0.15, 0.2) is 84.3 Å². The molecule has 0 atom stereocenters. The zero-order valence-electron chi connectivity index (χ0n) is 17.2. The number of carbonyl (C=O) groups excluding carboxylic acids is 1. The van der Waals surface area contributed by atoms with Crippen LogP contribution in [0.3, 0.4) is 0 Å². The molecule has 168 valence electrons. The van der Waals surface area contributed by atoms with Crippen molar-refractivity contribution >= 4 is 17.7 Å². The number of thioether (sulfide) groups is 1. The molecule has 10 heteroatoms. The molecule has 0 bridgehead atoms. The van der Waals surface area contributed by atoms with E-state index in [2.05, 4.69) is 20.5 Å². The molecular formula is C23H18F3N5OS. The van der Waals surface area contributed by atoms with E-state index in [0.717, 1.165) is 23.4 Å². The molecular weight excluding hydrogens is 451 g/mol. The van der Waals surface area contributed by atoms with Gasteiger partial charge in [0.15, 0.2) is 11.0 Å². The molecule has 6 nitrogen and oxygen atoms in total. The third-order valence-corrected chi connectivity index (χ3v) is 5.57. The second-order valence-electron chi connectivity index (χ2n) is 6.98. The van der Waals surface area contributed by atoms with E-state index in [9.17, 15) is 18.0 Å². The SMILES string of the molecule is O=C(CSc1nnc(-c2cccnc2)n1-c1ccccc1)NCc1cccc(C(F)(F)F)c1. The highest BCUT2D eigenvalue weighted by atomic mass is 32.2. The number of nitrogens with zero attached hydrogens (tertiary/aromatic N) is 4. The average molecular weight is 469 g/mol. The van der Waals surface area contributed by atoms with Gasteiger partial charge in [-0.1, -0.05) is 42.1 Å². The fourth-order valence-corrected chi connectivity index (χ4v) is 3.88. The van der Waals surface area contributed by atoms with Crippen LogP contribution >= 0.6 is 11.8 Å². The van der Waals surface area contributed by atoms with Gasteiger partial charge in [-0.3, -0.25) is 14.3 Å². The standard InChI is InChI=1S/C23H18F3N5OS/c24-23(25,26)18-8-4-6-16(12-18)13-28-20(32)15-33-22-30-29-21(17-7-5-11-27-14-17)31(22)19-9-2-1-3-10-19/h1-12,14H,13,15H2,(H,28,32). The van der Waals surface area contributed by atoms with E-state index in [4.69, 9.17) is 0 Å². The molecule has 4 rings (SSSR count). The van der Waals surface area contributed by atoms with Gasteiger partial charge < -0.3 is 5.32 Å². The lowest BCUT2D eigenvalue weighted by molar-refractivity contribution is -0.137. The first-order valence-electron chi connectivity index (χ1n) is 9.89. The van der Waals surface area contributed by atoms with E-state index < -0.39 is 11.7 Å². The topological polar surface area (TPSA) is 72.7 Å². The Kier molecular flexibility index (Phi) is 6.74. The van der Waals surface area contributed by atoms with Crippen molar-refractivity contribution in [2.75, 3.05) is 5.75 Å². The molecule has 0 fully saturated rings. The summed E-state index contributed by atoms with van der Waals surface area (Å²) in [4.78, 5) is 16.5. The lowest BCUT2D eigenvalue weighted by atomic mass is 10.1. The molecule has 0 radical (unpaired) electrons. The highest BCUT2D eigenvalue weighted by molar-refractivity contribution is 7.99. The van der Waals surface area contributed by atoms with Crippen LogP contribution in [-0.4, -0.2) is 31.4 Å². The molecule has 2 heterocycles. The van der Waals surface area contributed by atoms with Crippen molar-refractivity contribution in [1.29, 1.82) is 0 Å². The van der Waals surface area contributed by atoms with Crippen LogP contribution in [0.2, 0.25) is 0 Å². The van der Waals surface area contributed by atoms with Gasteiger partial charge in [-0.2, -0.15) is 13.2 Å². The monoisotopic (exact) mass is 469 g/mol. The molecule has 1 amide bonds. The van der Waals surface area contributed by atoms with Crippen LogP contribution in [0.5, 0.6) is 0 Å². The lowest BCUT2D eigenvalue weighted by Crippen LogP contribution is -2.25. The molecule has 0 aliphatic heterocycles. The zero-order valence-corrected chi connectivity index (χ0v) is 18.0. The largest absolute Gasteiger partial charge is 0.416 e. The molecule has 2 aromatic heterocycles. The Hall–Kier alpha value is -3.66. The van der Waals surface area contributed by atoms with Gasteiger partial charge in [0.25, 0.3) is 0 Å². The summed E-state index contributed by atoms with van der Waals surface area (Å²) in [5, 5.41) is 11.7. The van der Waals surface area contributed by atoms with Gasteiger partial charge >= 0.3 is 6.18 Å². The Morgan fingerprint density at radius 1 is 1.00 bits per heavy atom. The molecule has 2 aromatic carbocycles. The second kappa shape index (κ2) is 9.86. The Balaban J connectivity index is 1.46. The van der Waals surface area contributed by atoms with Gasteiger partial charge in [-0.15, -0.1) is 10.2 Å². The van der Waals surface area contributed by atoms with E-state index in [1.165, 1.54) is 23.9 Å². The van der Waals surface area contributed by atoms with Crippen LogP contribution in [0.25, 0.3) is 17.1 Å². The number of hydrogen-bond acceptors (Lipinski definition) is 5. The summed E-state index contributed by atoms with van der Waals surface area (Å²) in [5.74, 6) is 0.279. The number of rotatable bonds is 7. The highest BCUT2D eigenvalue weighted by Crippen LogP contribution is 2.30. The smallest absolute Gasteiger partial charge is 0.351 e. The van der Waals surface area contributed by atoms with Crippen molar-refractivity contribution in [3.63, 3.8) is 0 Å². The minimum absolute atomic E-state index is 0.00434. The number of amides is 1. The van der Waals surface area contributed by atoms with Gasteiger partial charge in [-0.25, -0.2) is 0 Å². The Morgan fingerprint density at radius 3 is 2.55 bits per heavy atom. The summed E-state index contributed by atoms with van der Waals surface area (Å²) < 4.78 is 40.4. The number of para-hydroxylation sites is 1. The number of pyridine rings is 1. The maximum absolute atomic E-state index is 12.9. The van der Waals surface area contributed by atoms with E-state index in [1.54, 1.807) is 18.5 Å². The maximum Gasteiger partial charge on any atom is 0.416 e. The number of aromatic nitrogens is 4. The van der Waals surface area contributed by atoms with Gasteiger partial charge in [0.1, 0.15) is 0 Å². The number of nitrogens with one attached hydrogen (secondary N) is 1. The minimum Gasteiger partial charge on any atom is -0.351 e. The fraction of sp³-hybridized carbons (Fsp3) is 0.130.